The minimum absolute atomic E-state index is 0.0194. The summed E-state index contributed by atoms with van der Waals surface area (Å²) >= 11 is 1.59. The zero-order chi connectivity index (χ0) is 20.2. The summed E-state index contributed by atoms with van der Waals surface area (Å²) < 4.78 is 0. The lowest BCUT2D eigenvalue weighted by Gasteiger charge is -2.08. The van der Waals surface area contributed by atoms with E-state index in [1.807, 2.05) is 66.9 Å². The van der Waals surface area contributed by atoms with Gasteiger partial charge in [-0.3, -0.25) is 9.89 Å². The molecule has 0 unspecified atom stereocenters. The van der Waals surface area contributed by atoms with Gasteiger partial charge in [0.15, 0.2) is 0 Å². The number of carbonyl (C=O) groups is 1. The zero-order valence-corrected chi connectivity index (χ0v) is 16.9. The molecule has 0 bridgehead atoms. The molecule has 4 rings (SSSR count). The first-order valence-corrected chi connectivity index (χ1v) is 10.3. The van der Waals surface area contributed by atoms with Crippen LogP contribution < -0.4 is 11.1 Å². The second kappa shape index (κ2) is 8.43. The van der Waals surface area contributed by atoms with Crippen LogP contribution in [0.4, 0.5) is 5.69 Å². The topological polar surface area (TPSA) is 83.8 Å². The third-order valence-electron chi connectivity index (χ3n) is 4.75. The number of amides is 1. The molecule has 4 N–H and O–H groups in total. The Morgan fingerprint density at radius 3 is 2.90 bits per heavy atom. The Labute approximate surface area is 173 Å². The summed E-state index contributed by atoms with van der Waals surface area (Å²) in [6, 6.07) is 16.0. The molecule has 29 heavy (non-hydrogen) atoms. The Morgan fingerprint density at radius 1 is 1.21 bits per heavy atom. The molecule has 0 aliphatic rings. The van der Waals surface area contributed by atoms with Crippen LogP contribution in [0.1, 0.15) is 27.3 Å². The van der Waals surface area contributed by atoms with Crippen molar-refractivity contribution in [3.05, 3.63) is 81.2 Å². The van der Waals surface area contributed by atoms with E-state index in [1.54, 1.807) is 11.3 Å². The molecule has 4 aromatic rings. The highest BCUT2D eigenvalue weighted by atomic mass is 32.1. The van der Waals surface area contributed by atoms with E-state index in [9.17, 15) is 4.79 Å². The normalized spacial score (nSPS) is 11.4. The smallest absolute Gasteiger partial charge is 0.229 e. The molecule has 0 radical (unpaired) electrons. The number of nitrogens with zero attached hydrogens (tertiary/aromatic N) is 1. The van der Waals surface area contributed by atoms with E-state index in [2.05, 4.69) is 21.6 Å². The first-order valence-electron chi connectivity index (χ1n) is 9.40. The number of anilines is 1. The maximum Gasteiger partial charge on any atom is 0.229 e. The van der Waals surface area contributed by atoms with Gasteiger partial charge in [0.2, 0.25) is 5.91 Å². The van der Waals surface area contributed by atoms with Gasteiger partial charge in [0, 0.05) is 22.5 Å². The number of thiophene rings is 1. The van der Waals surface area contributed by atoms with Gasteiger partial charge in [-0.2, -0.15) is 5.10 Å². The number of fused-ring (bicyclic) bond motifs is 1. The molecule has 0 atom stereocenters. The molecule has 2 aromatic carbocycles. The highest BCUT2D eigenvalue weighted by Gasteiger charge is 2.11. The molecule has 0 saturated heterocycles. The second-order valence-electron chi connectivity index (χ2n) is 6.91. The predicted molar refractivity (Wildman–Crippen MR) is 121 cm³/mol. The van der Waals surface area contributed by atoms with E-state index >= 15 is 0 Å². The van der Waals surface area contributed by atoms with Gasteiger partial charge in [0.25, 0.3) is 0 Å². The van der Waals surface area contributed by atoms with Crippen molar-refractivity contribution < 1.29 is 4.79 Å². The average Bonchev–Trinajstić information content (AvgIpc) is 3.36. The molecule has 0 aliphatic carbocycles. The molecule has 1 amide bonds. The van der Waals surface area contributed by atoms with E-state index in [0.717, 1.165) is 43.9 Å². The first kappa shape index (κ1) is 19.1. The van der Waals surface area contributed by atoms with Gasteiger partial charge < -0.3 is 11.1 Å². The number of hydrogen-bond acceptors (Lipinski definition) is 4. The number of nitrogens with two attached hydrogens (primary N) is 1. The molecule has 6 heteroatoms. The molecule has 2 heterocycles. The lowest BCUT2D eigenvalue weighted by molar-refractivity contribution is -0.115. The van der Waals surface area contributed by atoms with E-state index in [4.69, 9.17) is 5.73 Å². The predicted octanol–water partition coefficient (Wildman–Crippen LogP) is 4.74. The monoisotopic (exact) mass is 402 g/mol. The minimum Gasteiger partial charge on any atom is -0.326 e. The van der Waals surface area contributed by atoms with Crippen molar-refractivity contribution in [2.24, 2.45) is 5.73 Å². The van der Waals surface area contributed by atoms with E-state index in [-0.39, 0.29) is 5.91 Å². The number of H-pyrrole nitrogens is 1. The first-order chi connectivity index (χ1) is 14.1. The molecular formula is C23H22N4OS. The number of nitrogens with one attached hydrogen (secondary N) is 2. The molecule has 0 spiro atoms. The summed E-state index contributed by atoms with van der Waals surface area (Å²) in [6.45, 7) is 2.50. The van der Waals surface area contributed by atoms with Crippen molar-refractivity contribution in [1.82, 2.24) is 10.2 Å². The fraction of sp³-hybridized carbons (Fsp3) is 0.130. The van der Waals surface area contributed by atoms with Crippen molar-refractivity contribution in [2.75, 3.05) is 5.32 Å². The largest absolute Gasteiger partial charge is 0.326 e. The third kappa shape index (κ3) is 4.45. The molecule has 0 fully saturated rings. The van der Waals surface area contributed by atoms with Crippen LogP contribution in [-0.4, -0.2) is 16.1 Å². The molecule has 146 valence electrons. The van der Waals surface area contributed by atoms with Crippen molar-refractivity contribution >= 4 is 46.0 Å². The van der Waals surface area contributed by atoms with Crippen LogP contribution in [0.15, 0.2) is 53.9 Å². The van der Waals surface area contributed by atoms with Crippen LogP contribution in [-0.2, 0) is 17.8 Å². The summed E-state index contributed by atoms with van der Waals surface area (Å²) in [5.74, 6) is -0.0194. The summed E-state index contributed by atoms with van der Waals surface area (Å²) in [6.07, 6.45) is 4.37. The lowest BCUT2D eigenvalue weighted by atomic mass is 10.1. The second-order valence-corrected chi connectivity index (χ2v) is 7.94. The van der Waals surface area contributed by atoms with Crippen molar-refractivity contribution in [2.45, 2.75) is 19.9 Å². The minimum atomic E-state index is -0.0194. The number of hydrogen-bond donors (Lipinski definition) is 3. The van der Waals surface area contributed by atoms with Crippen molar-refractivity contribution in [1.29, 1.82) is 0 Å². The molecule has 5 nitrogen and oxygen atoms in total. The maximum absolute atomic E-state index is 12.4. The van der Waals surface area contributed by atoms with E-state index in [1.165, 1.54) is 0 Å². The van der Waals surface area contributed by atoms with E-state index < -0.39 is 0 Å². The Morgan fingerprint density at radius 2 is 2.10 bits per heavy atom. The molecule has 0 saturated carbocycles. The number of rotatable bonds is 6. The lowest BCUT2D eigenvalue weighted by Crippen LogP contribution is -2.14. The van der Waals surface area contributed by atoms with Crippen LogP contribution in [0.25, 0.3) is 23.1 Å². The summed E-state index contributed by atoms with van der Waals surface area (Å²) in [7, 11) is 0. The van der Waals surface area contributed by atoms with Gasteiger partial charge in [-0.1, -0.05) is 36.4 Å². The Kier molecular flexibility index (Phi) is 5.55. The molecule has 2 aromatic heterocycles. The fourth-order valence-electron chi connectivity index (χ4n) is 3.22. The number of benzene rings is 2. The molecular weight excluding hydrogens is 380 g/mol. The van der Waals surface area contributed by atoms with Crippen LogP contribution >= 0.6 is 11.3 Å². The van der Waals surface area contributed by atoms with Gasteiger partial charge in [-0.15, -0.1) is 11.3 Å². The van der Waals surface area contributed by atoms with Crippen LogP contribution in [0.3, 0.4) is 0 Å². The fourth-order valence-corrected chi connectivity index (χ4v) is 3.92. The summed E-state index contributed by atoms with van der Waals surface area (Å²) in [4.78, 5) is 13.5. The Hall–Kier alpha value is -3.22. The number of aryl methyl sites for hydroxylation is 1. The highest BCUT2D eigenvalue weighted by molar-refractivity contribution is 7.10. The maximum atomic E-state index is 12.4. The summed E-state index contributed by atoms with van der Waals surface area (Å²) in [5, 5.41) is 13.5. The van der Waals surface area contributed by atoms with Crippen LogP contribution in [0.2, 0.25) is 0 Å². The molecule has 0 aliphatic heterocycles. The van der Waals surface area contributed by atoms with Gasteiger partial charge in [-0.25, -0.2) is 0 Å². The van der Waals surface area contributed by atoms with Gasteiger partial charge in [0.1, 0.15) is 0 Å². The average molecular weight is 403 g/mol. The van der Waals surface area contributed by atoms with Crippen LogP contribution in [0.5, 0.6) is 0 Å². The zero-order valence-electron chi connectivity index (χ0n) is 16.1. The van der Waals surface area contributed by atoms with E-state index in [0.29, 0.717) is 13.0 Å². The number of carbonyl (C=O) groups excluding carboxylic acids is 1. The summed E-state index contributed by atoms with van der Waals surface area (Å²) in [5.41, 5.74) is 11.4. The number of aromatic amines is 1. The van der Waals surface area contributed by atoms with Gasteiger partial charge in [-0.05, 0) is 53.3 Å². The standard InChI is InChI=1S/C23H22N4OS/c1-15-10-22-19(13-21(15)25-23(28)12-18-6-3-9-29-18)20(26-27-22)8-7-16-4-2-5-17(11-16)14-24/h2-11,13H,12,14,24H2,1H3,(H,25,28)(H,26,27)/b8-7+. The van der Waals surface area contributed by atoms with Crippen LogP contribution in [0, 0.1) is 6.92 Å². The van der Waals surface area contributed by atoms with Crippen molar-refractivity contribution in [3.8, 4) is 0 Å². The van der Waals surface area contributed by atoms with Crippen molar-refractivity contribution in [3.63, 3.8) is 0 Å². The highest BCUT2D eigenvalue weighted by Crippen LogP contribution is 2.26. The van der Waals surface area contributed by atoms with Gasteiger partial charge >= 0.3 is 0 Å². The van der Waals surface area contributed by atoms with Gasteiger partial charge in [0.05, 0.1) is 17.6 Å². The quantitative estimate of drug-likeness (QED) is 0.435. The SMILES string of the molecule is Cc1cc2[nH]nc(/C=C/c3cccc(CN)c3)c2cc1NC(=O)Cc1cccs1. The number of aromatic nitrogens is 2. The third-order valence-corrected chi connectivity index (χ3v) is 5.62. The Bertz CT molecular complexity index is 1180. The Balaban J connectivity index is 1.58.